The number of carbonyl (C=O) groups excluding carboxylic acids is 1. The van der Waals surface area contributed by atoms with E-state index in [-0.39, 0.29) is 5.91 Å². The van der Waals surface area contributed by atoms with E-state index >= 15 is 0 Å². The van der Waals surface area contributed by atoms with Crippen LogP contribution in [0.4, 0.5) is 5.13 Å². The fraction of sp³-hybridized carbons (Fsp3) is 0.417. The summed E-state index contributed by atoms with van der Waals surface area (Å²) in [6.07, 6.45) is 0.881. The lowest BCUT2D eigenvalue weighted by Gasteiger charge is -2.27. The Morgan fingerprint density at radius 2 is 1.90 bits per heavy atom. The van der Waals surface area contributed by atoms with Crippen LogP contribution in [0.15, 0.2) is 30.3 Å². The van der Waals surface area contributed by atoms with Crippen LogP contribution in [0.2, 0.25) is 5.02 Å². The second-order valence-electron chi connectivity index (χ2n) is 8.13. The fourth-order valence-electron chi connectivity index (χ4n) is 3.85. The van der Waals surface area contributed by atoms with E-state index in [1.165, 1.54) is 16.9 Å². The van der Waals surface area contributed by atoms with Gasteiger partial charge in [-0.15, -0.1) is 0 Å². The third-order valence-corrected chi connectivity index (χ3v) is 7.07. The third kappa shape index (κ3) is 5.09. The van der Waals surface area contributed by atoms with E-state index in [2.05, 4.69) is 11.8 Å². The number of rotatable bonds is 6. The number of aryl methyl sites for hydroxylation is 3. The first-order valence-electron chi connectivity index (χ1n) is 10.7. The highest BCUT2D eigenvalue weighted by atomic mass is 35.5. The SMILES string of the molecule is Cc1ccc(C(=O)N(CCCN2CCOCC2)c2nc3c(C)cc(Cl)cc3s2)cc1C. The van der Waals surface area contributed by atoms with E-state index in [4.69, 9.17) is 21.3 Å². The zero-order chi connectivity index (χ0) is 22.0. The number of carbonyl (C=O) groups is 1. The maximum absolute atomic E-state index is 13.6. The van der Waals surface area contributed by atoms with Gasteiger partial charge in [-0.1, -0.05) is 29.0 Å². The molecule has 3 aromatic rings. The van der Waals surface area contributed by atoms with Crippen molar-refractivity contribution >= 4 is 44.2 Å². The van der Waals surface area contributed by atoms with Gasteiger partial charge in [0.05, 0.1) is 23.4 Å². The smallest absolute Gasteiger partial charge is 0.260 e. The number of ether oxygens (including phenoxy) is 1. The molecule has 31 heavy (non-hydrogen) atoms. The van der Waals surface area contributed by atoms with Crippen LogP contribution in [0, 0.1) is 20.8 Å². The molecule has 4 rings (SSSR count). The molecule has 0 aliphatic carbocycles. The molecule has 2 aromatic carbocycles. The number of nitrogens with zero attached hydrogens (tertiary/aromatic N) is 3. The van der Waals surface area contributed by atoms with E-state index in [1.54, 1.807) is 0 Å². The number of aromatic nitrogens is 1. The molecule has 0 atom stereocenters. The molecule has 0 spiro atoms. The maximum atomic E-state index is 13.6. The predicted octanol–water partition coefficient (Wildman–Crippen LogP) is 5.24. The fourth-order valence-corrected chi connectivity index (χ4v) is 5.29. The normalized spacial score (nSPS) is 14.8. The van der Waals surface area contributed by atoms with Crippen molar-refractivity contribution in [3.63, 3.8) is 0 Å². The Bertz CT molecular complexity index is 1090. The lowest BCUT2D eigenvalue weighted by molar-refractivity contribution is 0.0376. The minimum atomic E-state index is -0.00659. The molecule has 1 saturated heterocycles. The van der Waals surface area contributed by atoms with Gasteiger partial charge in [0, 0.05) is 36.8 Å². The van der Waals surface area contributed by atoms with Crippen molar-refractivity contribution in [2.24, 2.45) is 0 Å². The second-order valence-corrected chi connectivity index (χ2v) is 9.57. The second kappa shape index (κ2) is 9.65. The minimum absolute atomic E-state index is 0.00659. The molecule has 1 fully saturated rings. The first-order valence-corrected chi connectivity index (χ1v) is 11.9. The largest absolute Gasteiger partial charge is 0.379 e. The molecule has 0 radical (unpaired) electrons. The number of halogens is 1. The van der Waals surface area contributed by atoms with Gasteiger partial charge in [0.1, 0.15) is 0 Å². The zero-order valence-electron chi connectivity index (χ0n) is 18.3. The Morgan fingerprint density at radius 3 is 2.65 bits per heavy atom. The minimum Gasteiger partial charge on any atom is -0.379 e. The van der Waals surface area contributed by atoms with Crippen LogP contribution in [-0.4, -0.2) is 55.2 Å². The van der Waals surface area contributed by atoms with E-state index in [1.807, 2.05) is 49.1 Å². The maximum Gasteiger partial charge on any atom is 0.260 e. The van der Waals surface area contributed by atoms with Crippen molar-refractivity contribution in [2.75, 3.05) is 44.3 Å². The van der Waals surface area contributed by atoms with Crippen molar-refractivity contribution in [1.82, 2.24) is 9.88 Å². The van der Waals surface area contributed by atoms with E-state index in [0.29, 0.717) is 17.1 Å². The molecule has 5 nitrogen and oxygen atoms in total. The van der Waals surface area contributed by atoms with Crippen molar-refractivity contribution in [3.8, 4) is 0 Å². The number of morpholine rings is 1. The van der Waals surface area contributed by atoms with Crippen LogP contribution in [-0.2, 0) is 4.74 Å². The van der Waals surface area contributed by atoms with Crippen LogP contribution >= 0.6 is 22.9 Å². The summed E-state index contributed by atoms with van der Waals surface area (Å²) >= 11 is 7.78. The quantitative estimate of drug-likeness (QED) is 0.507. The van der Waals surface area contributed by atoms with Crippen LogP contribution in [0.3, 0.4) is 0 Å². The standard InChI is InChI=1S/C24H28ClN3O2S/c1-16-5-6-19(13-17(16)2)23(29)28(8-4-7-27-9-11-30-12-10-27)24-26-22-18(3)14-20(25)15-21(22)31-24/h5-6,13-15H,4,7-12H2,1-3H3. The summed E-state index contributed by atoms with van der Waals surface area (Å²) in [5.74, 6) is -0.00659. The number of hydrogen-bond acceptors (Lipinski definition) is 5. The Balaban J connectivity index is 1.62. The van der Waals surface area contributed by atoms with Crippen LogP contribution in [0.25, 0.3) is 10.2 Å². The van der Waals surface area contributed by atoms with Gasteiger partial charge in [-0.3, -0.25) is 14.6 Å². The summed E-state index contributed by atoms with van der Waals surface area (Å²) < 4.78 is 6.45. The van der Waals surface area contributed by atoms with Crippen molar-refractivity contribution < 1.29 is 9.53 Å². The molecule has 1 aliphatic rings. The van der Waals surface area contributed by atoms with E-state index < -0.39 is 0 Å². The molecule has 1 aliphatic heterocycles. The summed E-state index contributed by atoms with van der Waals surface area (Å²) in [7, 11) is 0. The highest BCUT2D eigenvalue weighted by molar-refractivity contribution is 7.22. The lowest BCUT2D eigenvalue weighted by Crippen LogP contribution is -2.39. The van der Waals surface area contributed by atoms with Gasteiger partial charge in [0.25, 0.3) is 5.91 Å². The predicted molar refractivity (Wildman–Crippen MR) is 129 cm³/mol. The topological polar surface area (TPSA) is 45.7 Å². The Labute approximate surface area is 192 Å². The third-order valence-electron chi connectivity index (χ3n) is 5.83. The molecule has 1 amide bonds. The van der Waals surface area contributed by atoms with Crippen LogP contribution in [0.5, 0.6) is 0 Å². The molecule has 164 valence electrons. The Hall–Kier alpha value is -1.99. The summed E-state index contributed by atoms with van der Waals surface area (Å²) in [6.45, 7) is 11.1. The molecule has 0 saturated carbocycles. The van der Waals surface area contributed by atoms with Gasteiger partial charge in [0.15, 0.2) is 5.13 Å². The average Bonchev–Trinajstić information content (AvgIpc) is 3.17. The van der Waals surface area contributed by atoms with Gasteiger partial charge in [0.2, 0.25) is 0 Å². The highest BCUT2D eigenvalue weighted by Gasteiger charge is 2.23. The summed E-state index contributed by atoms with van der Waals surface area (Å²) in [4.78, 5) is 22.6. The number of benzene rings is 2. The van der Waals surface area contributed by atoms with Crippen molar-refractivity contribution in [1.29, 1.82) is 0 Å². The lowest BCUT2D eigenvalue weighted by atomic mass is 10.1. The summed E-state index contributed by atoms with van der Waals surface area (Å²) in [5.41, 5.74) is 4.93. The number of fused-ring (bicyclic) bond motifs is 1. The summed E-state index contributed by atoms with van der Waals surface area (Å²) in [6, 6.07) is 9.74. The van der Waals surface area contributed by atoms with Gasteiger partial charge in [-0.05, 0) is 68.1 Å². The first kappa shape index (κ1) is 22.2. The van der Waals surface area contributed by atoms with Gasteiger partial charge < -0.3 is 4.74 Å². The molecule has 0 N–H and O–H groups in total. The van der Waals surface area contributed by atoms with Crippen molar-refractivity contribution in [2.45, 2.75) is 27.2 Å². The monoisotopic (exact) mass is 457 g/mol. The summed E-state index contributed by atoms with van der Waals surface area (Å²) in [5, 5.41) is 1.42. The van der Waals surface area contributed by atoms with Gasteiger partial charge >= 0.3 is 0 Å². The van der Waals surface area contributed by atoms with Gasteiger partial charge in [-0.25, -0.2) is 4.98 Å². The van der Waals surface area contributed by atoms with Crippen molar-refractivity contribution in [3.05, 3.63) is 57.6 Å². The molecule has 0 bridgehead atoms. The van der Waals surface area contributed by atoms with Crippen LogP contribution in [0.1, 0.15) is 33.5 Å². The number of thiazole rings is 1. The van der Waals surface area contributed by atoms with E-state index in [9.17, 15) is 4.79 Å². The number of hydrogen-bond donors (Lipinski definition) is 0. The first-order chi connectivity index (χ1) is 14.9. The Morgan fingerprint density at radius 1 is 1.13 bits per heavy atom. The molecule has 1 aromatic heterocycles. The molecule has 2 heterocycles. The number of amides is 1. The molecular formula is C24H28ClN3O2S. The highest BCUT2D eigenvalue weighted by Crippen LogP contribution is 2.34. The molecular weight excluding hydrogens is 430 g/mol. The Kier molecular flexibility index (Phi) is 6.92. The zero-order valence-corrected chi connectivity index (χ0v) is 19.9. The molecule has 0 unspecified atom stereocenters. The number of anilines is 1. The average molecular weight is 458 g/mol. The van der Waals surface area contributed by atoms with E-state index in [0.717, 1.165) is 65.7 Å². The molecule has 7 heteroatoms. The van der Waals surface area contributed by atoms with Crippen LogP contribution < -0.4 is 4.90 Å². The van der Waals surface area contributed by atoms with Gasteiger partial charge in [-0.2, -0.15) is 0 Å².